The Bertz CT molecular complexity index is 643. The fraction of sp³-hybridized carbons (Fsp3) is 0.526. The van der Waals surface area contributed by atoms with Crippen molar-refractivity contribution in [3.63, 3.8) is 0 Å². The highest BCUT2D eigenvalue weighted by Crippen LogP contribution is 2.22. The Morgan fingerprint density at radius 1 is 1.12 bits per heavy atom. The van der Waals surface area contributed by atoms with Gasteiger partial charge in [-0.3, -0.25) is 9.80 Å². The third kappa shape index (κ3) is 4.03. The van der Waals surface area contributed by atoms with Crippen LogP contribution in [-0.4, -0.2) is 71.3 Å². The number of hydrogen-bond acceptors (Lipinski definition) is 6. The predicted molar refractivity (Wildman–Crippen MR) is 102 cm³/mol. The molecule has 4 heterocycles. The molecule has 134 valence electrons. The summed E-state index contributed by atoms with van der Waals surface area (Å²) in [6, 6.07) is 8.55. The number of thiophene rings is 1. The maximum atomic E-state index is 10.7. The van der Waals surface area contributed by atoms with Crippen molar-refractivity contribution in [2.24, 2.45) is 0 Å². The monoisotopic (exact) mass is 358 g/mol. The number of hydrogen-bond donors (Lipinski definition) is 1. The average Bonchev–Trinajstić information content (AvgIpc) is 3.16. The van der Waals surface area contributed by atoms with Gasteiger partial charge in [0.15, 0.2) is 0 Å². The summed E-state index contributed by atoms with van der Waals surface area (Å²) < 4.78 is 0. The molecule has 4 rings (SSSR count). The molecule has 0 spiro atoms. The molecule has 0 aromatic carbocycles. The number of pyridine rings is 1. The zero-order valence-corrected chi connectivity index (χ0v) is 15.3. The van der Waals surface area contributed by atoms with Crippen molar-refractivity contribution >= 4 is 17.2 Å². The SMILES string of the molecule is O[C@@H]1CN(Cc2ccsc2)CC[C@H]1N1CCN(c2ccccn2)CC1. The Morgan fingerprint density at radius 2 is 2.00 bits per heavy atom. The largest absolute Gasteiger partial charge is 0.390 e. The van der Waals surface area contributed by atoms with Crippen LogP contribution in [0.5, 0.6) is 0 Å². The van der Waals surface area contributed by atoms with Crippen molar-refractivity contribution < 1.29 is 5.11 Å². The smallest absolute Gasteiger partial charge is 0.128 e. The summed E-state index contributed by atoms with van der Waals surface area (Å²) >= 11 is 1.74. The third-order valence-electron chi connectivity index (χ3n) is 5.37. The summed E-state index contributed by atoms with van der Waals surface area (Å²) in [4.78, 5) is 11.7. The number of aliphatic hydroxyl groups is 1. The second-order valence-electron chi connectivity index (χ2n) is 7.00. The van der Waals surface area contributed by atoms with Crippen molar-refractivity contribution in [1.82, 2.24) is 14.8 Å². The number of piperazine rings is 1. The van der Waals surface area contributed by atoms with Gasteiger partial charge in [0.05, 0.1) is 6.10 Å². The normalized spacial score (nSPS) is 26.0. The molecule has 2 aromatic rings. The van der Waals surface area contributed by atoms with E-state index in [1.165, 1.54) is 5.56 Å². The van der Waals surface area contributed by atoms with E-state index in [-0.39, 0.29) is 6.10 Å². The molecular weight excluding hydrogens is 332 g/mol. The third-order valence-corrected chi connectivity index (χ3v) is 6.11. The van der Waals surface area contributed by atoms with Gasteiger partial charge in [-0.1, -0.05) is 6.07 Å². The summed E-state index contributed by atoms with van der Waals surface area (Å²) in [5, 5.41) is 15.0. The quantitative estimate of drug-likeness (QED) is 0.904. The molecule has 0 unspecified atom stereocenters. The van der Waals surface area contributed by atoms with E-state index < -0.39 is 0 Å². The van der Waals surface area contributed by atoms with E-state index in [0.29, 0.717) is 6.04 Å². The first-order valence-electron chi connectivity index (χ1n) is 9.11. The number of rotatable bonds is 4. The second kappa shape index (κ2) is 7.83. The van der Waals surface area contributed by atoms with E-state index >= 15 is 0 Å². The fourth-order valence-corrected chi connectivity index (χ4v) is 4.68. The molecule has 2 aliphatic heterocycles. The van der Waals surface area contributed by atoms with Gasteiger partial charge in [-0.15, -0.1) is 0 Å². The van der Waals surface area contributed by atoms with Gasteiger partial charge in [-0.2, -0.15) is 11.3 Å². The van der Waals surface area contributed by atoms with E-state index in [4.69, 9.17) is 0 Å². The number of aliphatic hydroxyl groups excluding tert-OH is 1. The van der Waals surface area contributed by atoms with Gasteiger partial charge in [0.25, 0.3) is 0 Å². The van der Waals surface area contributed by atoms with Crippen LogP contribution in [0.3, 0.4) is 0 Å². The van der Waals surface area contributed by atoms with Crippen LogP contribution in [0.4, 0.5) is 5.82 Å². The Kier molecular flexibility index (Phi) is 5.31. The van der Waals surface area contributed by atoms with Crippen LogP contribution in [0, 0.1) is 0 Å². The van der Waals surface area contributed by atoms with Gasteiger partial charge in [-0.25, -0.2) is 4.98 Å². The van der Waals surface area contributed by atoms with Crippen molar-refractivity contribution in [2.45, 2.75) is 25.1 Å². The molecule has 2 saturated heterocycles. The minimum absolute atomic E-state index is 0.256. The van der Waals surface area contributed by atoms with Crippen LogP contribution in [0.15, 0.2) is 41.2 Å². The lowest BCUT2D eigenvalue weighted by atomic mass is 9.99. The highest BCUT2D eigenvalue weighted by atomic mass is 32.1. The molecule has 0 radical (unpaired) electrons. The molecule has 0 aliphatic carbocycles. The van der Waals surface area contributed by atoms with Crippen molar-refractivity contribution in [2.75, 3.05) is 44.2 Å². The molecule has 25 heavy (non-hydrogen) atoms. The summed E-state index contributed by atoms with van der Waals surface area (Å²) in [7, 11) is 0. The summed E-state index contributed by atoms with van der Waals surface area (Å²) in [6.45, 7) is 6.78. The minimum atomic E-state index is -0.256. The Labute approximate surface area is 153 Å². The molecule has 2 aromatic heterocycles. The van der Waals surface area contributed by atoms with Crippen molar-refractivity contribution in [1.29, 1.82) is 0 Å². The average molecular weight is 359 g/mol. The van der Waals surface area contributed by atoms with Gasteiger partial charge < -0.3 is 10.0 Å². The van der Waals surface area contributed by atoms with Gasteiger partial charge in [0.1, 0.15) is 5.82 Å². The van der Waals surface area contributed by atoms with Crippen LogP contribution in [-0.2, 0) is 6.54 Å². The Balaban J connectivity index is 1.29. The van der Waals surface area contributed by atoms with Crippen molar-refractivity contribution in [3.05, 3.63) is 46.8 Å². The number of nitrogens with zero attached hydrogens (tertiary/aromatic N) is 4. The lowest BCUT2D eigenvalue weighted by Gasteiger charge is -2.45. The number of anilines is 1. The summed E-state index contributed by atoms with van der Waals surface area (Å²) in [5.74, 6) is 1.06. The van der Waals surface area contributed by atoms with E-state index in [0.717, 1.165) is 58.1 Å². The standard InChI is InChI=1S/C19H26N4OS/c24-18-14-21(13-16-5-12-25-15-16)7-4-17(18)22-8-10-23(11-9-22)19-3-1-2-6-20-19/h1-3,5-6,12,15,17-18,24H,4,7-11,13-14H2/t17-,18-/m1/s1. The molecule has 0 bridgehead atoms. The topological polar surface area (TPSA) is 42.8 Å². The first kappa shape index (κ1) is 17.0. The molecule has 0 saturated carbocycles. The van der Waals surface area contributed by atoms with Crippen molar-refractivity contribution in [3.8, 4) is 0 Å². The molecule has 2 atom stereocenters. The van der Waals surface area contributed by atoms with E-state index in [1.54, 1.807) is 11.3 Å². The molecule has 6 heteroatoms. The van der Waals surface area contributed by atoms with Gasteiger partial charge >= 0.3 is 0 Å². The van der Waals surface area contributed by atoms with Crippen LogP contribution in [0.1, 0.15) is 12.0 Å². The Morgan fingerprint density at radius 3 is 2.68 bits per heavy atom. The molecule has 0 amide bonds. The minimum Gasteiger partial charge on any atom is -0.390 e. The zero-order chi connectivity index (χ0) is 17.1. The van der Waals surface area contributed by atoms with Gasteiger partial charge in [0, 0.05) is 58.1 Å². The predicted octanol–water partition coefficient (Wildman–Crippen LogP) is 1.90. The van der Waals surface area contributed by atoms with E-state index in [1.807, 2.05) is 18.3 Å². The first-order chi connectivity index (χ1) is 12.3. The lowest BCUT2D eigenvalue weighted by molar-refractivity contribution is -0.0171. The van der Waals surface area contributed by atoms with Crippen LogP contribution >= 0.6 is 11.3 Å². The van der Waals surface area contributed by atoms with E-state index in [2.05, 4.69) is 42.6 Å². The number of piperidine rings is 1. The highest BCUT2D eigenvalue weighted by molar-refractivity contribution is 7.07. The van der Waals surface area contributed by atoms with Crippen LogP contribution in [0.25, 0.3) is 0 Å². The molecular formula is C19H26N4OS. The second-order valence-corrected chi connectivity index (χ2v) is 7.78. The maximum absolute atomic E-state index is 10.7. The maximum Gasteiger partial charge on any atom is 0.128 e. The number of aromatic nitrogens is 1. The Hall–Kier alpha value is -1.47. The van der Waals surface area contributed by atoms with Gasteiger partial charge in [-0.05, 0) is 40.9 Å². The zero-order valence-electron chi connectivity index (χ0n) is 14.5. The van der Waals surface area contributed by atoms with E-state index in [9.17, 15) is 5.11 Å². The van der Waals surface area contributed by atoms with Crippen LogP contribution < -0.4 is 4.90 Å². The number of β-amino-alcohol motifs (C(OH)–C–C–N with tert-alkyl or cyclic N) is 1. The fourth-order valence-electron chi connectivity index (χ4n) is 4.02. The summed E-state index contributed by atoms with van der Waals surface area (Å²) in [5.41, 5.74) is 1.36. The summed E-state index contributed by atoms with van der Waals surface area (Å²) in [6.07, 6.45) is 2.65. The lowest BCUT2D eigenvalue weighted by Crippen LogP contribution is -2.58. The molecule has 2 fully saturated rings. The molecule has 5 nitrogen and oxygen atoms in total. The first-order valence-corrected chi connectivity index (χ1v) is 10.1. The number of likely N-dealkylation sites (tertiary alicyclic amines) is 1. The molecule has 2 aliphatic rings. The highest BCUT2D eigenvalue weighted by Gasteiger charge is 2.33. The van der Waals surface area contributed by atoms with Crippen LogP contribution in [0.2, 0.25) is 0 Å². The van der Waals surface area contributed by atoms with Gasteiger partial charge in [0.2, 0.25) is 0 Å². The molecule has 1 N–H and O–H groups in total.